The Balaban J connectivity index is 2.03. The summed E-state index contributed by atoms with van der Waals surface area (Å²) < 4.78 is 0. The highest BCUT2D eigenvalue weighted by atomic mass is 16.2. The number of rotatable bonds is 2. The third kappa shape index (κ3) is 3.46. The van der Waals surface area contributed by atoms with Gasteiger partial charge in [-0.2, -0.15) is 5.26 Å². The van der Waals surface area contributed by atoms with E-state index in [4.69, 9.17) is 5.26 Å². The van der Waals surface area contributed by atoms with Gasteiger partial charge in [-0.1, -0.05) is 12.1 Å². The summed E-state index contributed by atoms with van der Waals surface area (Å²) in [4.78, 5) is 16.3. The highest BCUT2D eigenvalue weighted by Crippen LogP contribution is 2.10. The highest BCUT2D eigenvalue weighted by molar-refractivity contribution is 5.92. The molecule has 1 saturated heterocycles. The number of amides is 1. The van der Waals surface area contributed by atoms with Crippen LogP contribution in [0.25, 0.3) is 6.08 Å². The molecule has 1 heterocycles. The molecule has 20 heavy (non-hydrogen) atoms. The maximum absolute atomic E-state index is 12.2. The van der Waals surface area contributed by atoms with Crippen LogP contribution >= 0.6 is 0 Å². The van der Waals surface area contributed by atoms with Crippen molar-refractivity contribution in [1.82, 2.24) is 9.80 Å². The average Bonchev–Trinajstić information content (AvgIpc) is 2.45. The molecule has 1 aromatic rings. The van der Waals surface area contributed by atoms with Gasteiger partial charge in [0.15, 0.2) is 0 Å². The number of benzene rings is 1. The summed E-state index contributed by atoms with van der Waals surface area (Å²) in [7, 11) is 2.07. The predicted molar refractivity (Wildman–Crippen MR) is 78.9 cm³/mol. The van der Waals surface area contributed by atoms with E-state index >= 15 is 0 Å². The summed E-state index contributed by atoms with van der Waals surface area (Å²) in [5, 5.41) is 8.85. The topological polar surface area (TPSA) is 47.3 Å². The van der Waals surface area contributed by atoms with Crippen LogP contribution in [0.5, 0.6) is 0 Å². The van der Waals surface area contributed by atoms with Crippen LogP contribution in [0.1, 0.15) is 18.1 Å². The number of hydrogen-bond acceptors (Lipinski definition) is 3. The number of nitriles is 1. The monoisotopic (exact) mass is 269 g/mol. The minimum absolute atomic E-state index is 0.0351. The van der Waals surface area contributed by atoms with Crippen LogP contribution in [-0.4, -0.2) is 48.4 Å². The molecular formula is C16H19N3O. The maximum atomic E-state index is 12.2. The van der Waals surface area contributed by atoms with Crippen molar-refractivity contribution in [3.63, 3.8) is 0 Å². The fourth-order valence-corrected chi connectivity index (χ4v) is 2.44. The smallest absolute Gasteiger partial charge is 0.246 e. The van der Waals surface area contributed by atoms with Crippen LogP contribution in [0.4, 0.5) is 0 Å². The summed E-state index contributed by atoms with van der Waals surface area (Å²) >= 11 is 0. The Hall–Kier alpha value is -2.12. The van der Waals surface area contributed by atoms with Gasteiger partial charge >= 0.3 is 0 Å². The van der Waals surface area contributed by atoms with E-state index in [-0.39, 0.29) is 11.9 Å². The van der Waals surface area contributed by atoms with E-state index < -0.39 is 0 Å². The van der Waals surface area contributed by atoms with Crippen LogP contribution in [0.3, 0.4) is 0 Å². The number of hydrogen-bond donors (Lipinski definition) is 0. The fourth-order valence-electron chi connectivity index (χ4n) is 2.44. The van der Waals surface area contributed by atoms with Gasteiger partial charge in [0.25, 0.3) is 0 Å². The van der Waals surface area contributed by atoms with Gasteiger partial charge in [-0.05, 0) is 37.7 Å². The summed E-state index contributed by atoms with van der Waals surface area (Å²) in [6.45, 7) is 4.65. The van der Waals surface area contributed by atoms with Crippen molar-refractivity contribution >= 4 is 12.0 Å². The Morgan fingerprint density at radius 1 is 1.45 bits per heavy atom. The second-order valence-corrected chi connectivity index (χ2v) is 5.21. The molecule has 1 aromatic carbocycles. The molecule has 0 saturated carbocycles. The van der Waals surface area contributed by atoms with Gasteiger partial charge < -0.3 is 9.80 Å². The van der Waals surface area contributed by atoms with Crippen LogP contribution in [0.2, 0.25) is 0 Å². The normalized spacial score (nSPS) is 20.1. The van der Waals surface area contributed by atoms with Crippen molar-refractivity contribution < 1.29 is 4.79 Å². The first-order valence-electron chi connectivity index (χ1n) is 6.77. The SMILES string of the molecule is CC1CN(C)CCN1C(=O)C=Cc1cccc(C#N)c1. The summed E-state index contributed by atoms with van der Waals surface area (Å²) in [5.74, 6) is 0.0351. The maximum Gasteiger partial charge on any atom is 0.246 e. The lowest BCUT2D eigenvalue weighted by Gasteiger charge is -2.37. The van der Waals surface area contributed by atoms with Gasteiger partial charge in [0, 0.05) is 31.8 Å². The number of carbonyl (C=O) groups excluding carboxylic acids is 1. The van der Waals surface area contributed by atoms with Gasteiger partial charge in [0.2, 0.25) is 5.91 Å². The van der Waals surface area contributed by atoms with Crippen LogP contribution in [0.15, 0.2) is 30.3 Å². The molecule has 2 rings (SSSR count). The standard InChI is InChI=1S/C16H19N3O/c1-13-12-18(2)8-9-19(13)16(20)7-6-14-4-3-5-15(10-14)11-17/h3-7,10,13H,8-9,12H2,1-2H3. The van der Waals surface area contributed by atoms with Crippen molar-refractivity contribution in [2.75, 3.05) is 26.7 Å². The number of likely N-dealkylation sites (N-methyl/N-ethyl adjacent to an activating group) is 1. The Bertz CT molecular complexity index is 559. The molecule has 104 valence electrons. The lowest BCUT2D eigenvalue weighted by Crippen LogP contribution is -2.52. The number of carbonyl (C=O) groups is 1. The van der Waals surface area contributed by atoms with Crippen LogP contribution < -0.4 is 0 Å². The van der Waals surface area contributed by atoms with Crippen molar-refractivity contribution in [2.24, 2.45) is 0 Å². The molecule has 1 aliphatic rings. The Kier molecular flexibility index (Phi) is 4.54. The van der Waals surface area contributed by atoms with E-state index in [2.05, 4.69) is 24.9 Å². The zero-order valence-electron chi connectivity index (χ0n) is 11.9. The molecule has 1 fully saturated rings. The minimum atomic E-state index is 0.0351. The molecule has 0 aromatic heterocycles. The van der Waals surface area contributed by atoms with Gasteiger partial charge in [-0.15, -0.1) is 0 Å². The van der Waals surface area contributed by atoms with Gasteiger partial charge in [0.05, 0.1) is 11.6 Å². The van der Waals surface area contributed by atoms with E-state index in [9.17, 15) is 4.79 Å². The van der Waals surface area contributed by atoms with Gasteiger partial charge in [0.1, 0.15) is 0 Å². The van der Waals surface area contributed by atoms with Crippen molar-refractivity contribution in [3.05, 3.63) is 41.5 Å². The second kappa shape index (κ2) is 6.36. The summed E-state index contributed by atoms with van der Waals surface area (Å²) in [5.41, 5.74) is 1.48. The van der Waals surface area contributed by atoms with Crippen molar-refractivity contribution in [3.8, 4) is 6.07 Å². The zero-order chi connectivity index (χ0) is 14.5. The molecule has 0 N–H and O–H groups in total. The lowest BCUT2D eigenvalue weighted by atomic mass is 10.1. The molecule has 4 heteroatoms. The van der Waals surface area contributed by atoms with E-state index in [1.807, 2.05) is 17.0 Å². The fraction of sp³-hybridized carbons (Fsp3) is 0.375. The first-order valence-corrected chi connectivity index (χ1v) is 6.77. The van der Waals surface area contributed by atoms with E-state index in [0.29, 0.717) is 5.56 Å². The third-order valence-electron chi connectivity index (χ3n) is 3.55. The van der Waals surface area contributed by atoms with Crippen molar-refractivity contribution in [2.45, 2.75) is 13.0 Å². The average molecular weight is 269 g/mol. The van der Waals surface area contributed by atoms with Crippen LogP contribution in [0, 0.1) is 11.3 Å². The molecule has 1 atom stereocenters. The Morgan fingerprint density at radius 2 is 2.25 bits per heavy atom. The lowest BCUT2D eigenvalue weighted by molar-refractivity contribution is -0.130. The molecule has 4 nitrogen and oxygen atoms in total. The summed E-state index contributed by atoms with van der Waals surface area (Å²) in [6.07, 6.45) is 3.37. The molecule has 0 aliphatic carbocycles. The Labute approximate surface area is 119 Å². The largest absolute Gasteiger partial charge is 0.334 e. The van der Waals surface area contributed by atoms with Gasteiger partial charge in [-0.3, -0.25) is 4.79 Å². The Morgan fingerprint density at radius 3 is 2.95 bits per heavy atom. The van der Waals surface area contributed by atoms with Crippen LogP contribution in [-0.2, 0) is 4.79 Å². The number of nitrogens with zero attached hydrogens (tertiary/aromatic N) is 3. The second-order valence-electron chi connectivity index (χ2n) is 5.21. The molecule has 0 bridgehead atoms. The minimum Gasteiger partial charge on any atom is -0.334 e. The predicted octanol–water partition coefficient (Wildman–Crippen LogP) is 1.73. The molecule has 1 amide bonds. The zero-order valence-corrected chi connectivity index (χ0v) is 11.9. The first kappa shape index (κ1) is 14.3. The quantitative estimate of drug-likeness (QED) is 0.768. The molecule has 0 radical (unpaired) electrons. The van der Waals surface area contributed by atoms with E-state index in [0.717, 1.165) is 25.2 Å². The van der Waals surface area contributed by atoms with Gasteiger partial charge in [-0.25, -0.2) is 0 Å². The summed E-state index contributed by atoms with van der Waals surface area (Å²) in [6, 6.07) is 9.56. The molecule has 1 unspecified atom stereocenters. The number of piperazine rings is 1. The highest BCUT2D eigenvalue weighted by Gasteiger charge is 2.23. The third-order valence-corrected chi connectivity index (χ3v) is 3.55. The van der Waals surface area contributed by atoms with E-state index in [1.165, 1.54) is 0 Å². The van der Waals surface area contributed by atoms with Crippen molar-refractivity contribution in [1.29, 1.82) is 5.26 Å². The molecule has 0 spiro atoms. The first-order chi connectivity index (χ1) is 9.60. The van der Waals surface area contributed by atoms with E-state index in [1.54, 1.807) is 24.3 Å². The molecular weight excluding hydrogens is 250 g/mol. The molecule has 1 aliphatic heterocycles.